The number of carbonyl (C=O) groups excluding carboxylic acids is 2. The van der Waals surface area contributed by atoms with E-state index in [9.17, 15) is 9.59 Å². The third-order valence-corrected chi connectivity index (χ3v) is 8.31. The van der Waals surface area contributed by atoms with Gasteiger partial charge in [0.2, 0.25) is 0 Å². The number of aromatic nitrogens is 2. The van der Waals surface area contributed by atoms with Crippen LogP contribution in [0.5, 0.6) is 0 Å². The summed E-state index contributed by atoms with van der Waals surface area (Å²) in [4.78, 5) is 28.7. The van der Waals surface area contributed by atoms with Crippen molar-refractivity contribution in [3.63, 3.8) is 0 Å². The van der Waals surface area contributed by atoms with Crippen LogP contribution in [0, 0.1) is 5.92 Å². The van der Waals surface area contributed by atoms with Crippen molar-refractivity contribution >= 4 is 11.9 Å². The van der Waals surface area contributed by atoms with E-state index in [2.05, 4.69) is 67.5 Å². The number of hydrogen-bond acceptors (Lipinski definition) is 4. The molecular weight excluding hydrogens is 450 g/mol. The van der Waals surface area contributed by atoms with Crippen molar-refractivity contribution in [2.24, 2.45) is 5.92 Å². The number of amides is 1. The van der Waals surface area contributed by atoms with Crippen LogP contribution in [0.15, 0.2) is 60.9 Å². The number of ether oxygens (including phenoxy) is 1. The van der Waals surface area contributed by atoms with Crippen LogP contribution in [0.25, 0.3) is 11.1 Å². The molecule has 0 saturated carbocycles. The summed E-state index contributed by atoms with van der Waals surface area (Å²) in [6, 6.07) is 17.1. The topological polar surface area (TPSA) is 64.4 Å². The molecule has 1 aromatic heterocycles. The Balaban J connectivity index is 1.15. The predicted octanol–water partition coefficient (Wildman–Crippen LogP) is 6.23. The Morgan fingerprint density at radius 3 is 2.17 bits per heavy atom. The SMILES string of the molecule is CC(C)n1cc(C(=O)C2CC3CCCC(C2)N3C(=O)OCC2c3ccccc3-c3ccccc32)cn1. The second-order valence-electron chi connectivity index (χ2n) is 10.8. The highest BCUT2D eigenvalue weighted by atomic mass is 16.6. The van der Waals surface area contributed by atoms with Gasteiger partial charge in [-0.1, -0.05) is 48.5 Å². The van der Waals surface area contributed by atoms with E-state index < -0.39 is 0 Å². The van der Waals surface area contributed by atoms with Crippen LogP contribution in [-0.4, -0.2) is 45.2 Å². The Kier molecular flexibility index (Phi) is 5.90. The van der Waals surface area contributed by atoms with Crippen LogP contribution in [0.2, 0.25) is 0 Å². The van der Waals surface area contributed by atoms with Crippen LogP contribution in [-0.2, 0) is 4.74 Å². The minimum absolute atomic E-state index is 0.0535. The monoisotopic (exact) mass is 483 g/mol. The summed E-state index contributed by atoms with van der Waals surface area (Å²) in [6.45, 7) is 4.44. The molecule has 2 fully saturated rings. The fraction of sp³-hybridized carbons (Fsp3) is 0.433. The lowest BCUT2D eigenvalue weighted by molar-refractivity contribution is 0.00650. The lowest BCUT2D eigenvalue weighted by Crippen LogP contribution is -2.55. The molecule has 0 radical (unpaired) electrons. The lowest BCUT2D eigenvalue weighted by Gasteiger charge is -2.47. The molecule has 6 rings (SSSR count). The molecule has 2 aromatic carbocycles. The Labute approximate surface area is 212 Å². The largest absolute Gasteiger partial charge is 0.448 e. The first-order valence-electron chi connectivity index (χ1n) is 13.2. The molecule has 1 aliphatic carbocycles. The fourth-order valence-electron chi connectivity index (χ4n) is 6.55. The second-order valence-corrected chi connectivity index (χ2v) is 10.8. The normalized spacial score (nSPS) is 22.9. The zero-order valence-electron chi connectivity index (χ0n) is 21.0. The first-order valence-corrected chi connectivity index (χ1v) is 13.2. The maximum atomic E-state index is 13.4. The maximum Gasteiger partial charge on any atom is 0.410 e. The molecule has 6 heteroatoms. The van der Waals surface area contributed by atoms with Crippen molar-refractivity contribution in [3.05, 3.63) is 77.6 Å². The average molecular weight is 484 g/mol. The summed E-state index contributed by atoms with van der Waals surface area (Å²) in [6.07, 6.45) is 7.67. The Hall–Kier alpha value is -3.41. The van der Waals surface area contributed by atoms with E-state index in [0.717, 1.165) is 19.3 Å². The van der Waals surface area contributed by atoms with Gasteiger partial charge in [-0.25, -0.2) is 4.79 Å². The zero-order valence-corrected chi connectivity index (χ0v) is 21.0. The van der Waals surface area contributed by atoms with E-state index in [4.69, 9.17) is 4.74 Å². The molecule has 3 heterocycles. The number of benzene rings is 2. The first kappa shape index (κ1) is 23.0. The van der Waals surface area contributed by atoms with Crippen LogP contribution in [0.3, 0.4) is 0 Å². The van der Waals surface area contributed by atoms with Gasteiger partial charge < -0.3 is 9.64 Å². The number of hydrogen-bond donors (Lipinski definition) is 0. The number of nitrogens with zero attached hydrogens (tertiary/aromatic N) is 3. The molecule has 0 N–H and O–H groups in total. The van der Waals surface area contributed by atoms with Gasteiger partial charge in [0.25, 0.3) is 0 Å². The van der Waals surface area contributed by atoms with E-state index in [1.807, 2.05) is 15.8 Å². The molecule has 0 spiro atoms. The van der Waals surface area contributed by atoms with Gasteiger partial charge in [-0.3, -0.25) is 9.48 Å². The summed E-state index contributed by atoms with van der Waals surface area (Å²) < 4.78 is 7.85. The molecule has 3 aromatic rings. The van der Waals surface area contributed by atoms with Crippen molar-refractivity contribution in [1.82, 2.24) is 14.7 Å². The molecule has 2 bridgehead atoms. The lowest BCUT2D eigenvalue weighted by atomic mass is 9.76. The standard InChI is InChI=1S/C30H33N3O3/c1-19(2)32-17-21(16-31-32)29(34)20-14-22-8-7-9-23(15-20)33(22)30(35)36-18-28-26-12-5-3-10-24(26)25-11-4-6-13-27(25)28/h3-6,10-13,16-17,19-20,22-23,28H,7-9,14-15,18H2,1-2H3. The van der Waals surface area contributed by atoms with Crippen molar-refractivity contribution in [2.75, 3.05) is 6.61 Å². The number of piperidine rings is 2. The van der Waals surface area contributed by atoms with Crippen molar-refractivity contribution in [2.45, 2.75) is 70.0 Å². The number of rotatable bonds is 5. The van der Waals surface area contributed by atoms with E-state index in [0.29, 0.717) is 25.0 Å². The molecule has 3 aliphatic rings. The predicted molar refractivity (Wildman–Crippen MR) is 138 cm³/mol. The van der Waals surface area contributed by atoms with Crippen molar-refractivity contribution in [3.8, 4) is 11.1 Å². The molecule has 2 unspecified atom stereocenters. The van der Waals surface area contributed by atoms with E-state index in [-0.39, 0.29) is 41.8 Å². The van der Waals surface area contributed by atoms with Gasteiger partial charge in [0.1, 0.15) is 6.61 Å². The quantitative estimate of drug-likeness (QED) is 0.404. The average Bonchev–Trinajstić information content (AvgIpc) is 3.50. The third-order valence-electron chi connectivity index (χ3n) is 8.31. The molecule has 1 amide bonds. The Bertz CT molecular complexity index is 1240. The number of Topliss-reactive ketones (excluding diaryl/α,β-unsaturated/α-hetero) is 1. The van der Waals surface area contributed by atoms with Crippen LogP contribution < -0.4 is 0 Å². The van der Waals surface area contributed by atoms with Gasteiger partial charge in [-0.2, -0.15) is 5.10 Å². The van der Waals surface area contributed by atoms with Crippen molar-refractivity contribution in [1.29, 1.82) is 0 Å². The maximum absolute atomic E-state index is 13.4. The van der Waals surface area contributed by atoms with Crippen LogP contribution in [0.1, 0.15) is 79.4 Å². The van der Waals surface area contributed by atoms with E-state index in [1.165, 1.54) is 22.3 Å². The smallest absolute Gasteiger partial charge is 0.410 e. The van der Waals surface area contributed by atoms with E-state index in [1.54, 1.807) is 6.20 Å². The van der Waals surface area contributed by atoms with Crippen molar-refractivity contribution < 1.29 is 14.3 Å². The van der Waals surface area contributed by atoms with Gasteiger partial charge >= 0.3 is 6.09 Å². The summed E-state index contributed by atoms with van der Waals surface area (Å²) >= 11 is 0. The second kappa shape index (κ2) is 9.23. The number of carbonyl (C=O) groups is 2. The van der Waals surface area contributed by atoms with E-state index >= 15 is 0 Å². The van der Waals surface area contributed by atoms with Gasteiger partial charge in [-0.05, 0) is 68.2 Å². The van der Waals surface area contributed by atoms with Crippen LogP contribution >= 0.6 is 0 Å². The zero-order chi connectivity index (χ0) is 24.8. The molecule has 6 nitrogen and oxygen atoms in total. The van der Waals surface area contributed by atoms with Gasteiger partial charge in [0.15, 0.2) is 5.78 Å². The molecular formula is C30H33N3O3. The number of fused-ring (bicyclic) bond motifs is 5. The van der Waals surface area contributed by atoms with Gasteiger partial charge in [0, 0.05) is 36.2 Å². The van der Waals surface area contributed by atoms with Gasteiger partial charge in [-0.15, -0.1) is 0 Å². The molecule has 186 valence electrons. The highest BCUT2D eigenvalue weighted by Crippen LogP contribution is 2.45. The summed E-state index contributed by atoms with van der Waals surface area (Å²) in [5.41, 5.74) is 5.58. The minimum Gasteiger partial charge on any atom is -0.448 e. The van der Waals surface area contributed by atoms with Gasteiger partial charge in [0.05, 0.1) is 11.8 Å². The third kappa shape index (κ3) is 3.93. The Morgan fingerprint density at radius 2 is 1.58 bits per heavy atom. The summed E-state index contributed by atoms with van der Waals surface area (Å²) in [5, 5.41) is 4.35. The van der Waals surface area contributed by atoms with Crippen LogP contribution in [0.4, 0.5) is 4.79 Å². The summed E-state index contributed by atoms with van der Waals surface area (Å²) in [7, 11) is 0. The number of ketones is 1. The highest BCUT2D eigenvalue weighted by molar-refractivity contribution is 5.97. The Morgan fingerprint density at radius 1 is 0.972 bits per heavy atom. The molecule has 2 aliphatic heterocycles. The molecule has 2 saturated heterocycles. The molecule has 36 heavy (non-hydrogen) atoms. The fourth-order valence-corrected chi connectivity index (χ4v) is 6.55. The first-order chi connectivity index (χ1) is 17.5. The highest BCUT2D eigenvalue weighted by Gasteiger charge is 2.44. The minimum atomic E-state index is -0.231. The molecule has 2 atom stereocenters. The summed E-state index contributed by atoms with van der Waals surface area (Å²) in [5.74, 6) is 0.145.